The Kier molecular flexibility index (Phi) is 9.16. The Balaban J connectivity index is 3.18. The summed E-state index contributed by atoms with van der Waals surface area (Å²) in [5.41, 5.74) is 0. The molecule has 6 nitrogen and oxygen atoms in total. The maximum atomic E-state index is 9.01. The molecular formula is C8H18O6. The first-order valence-corrected chi connectivity index (χ1v) is 4.37. The van der Waals surface area contributed by atoms with Crippen LogP contribution in [0.4, 0.5) is 0 Å². The monoisotopic (exact) mass is 210 g/mol. The Labute approximate surface area is 83.0 Å². The average Bonchev–Trinajstić information content (AvgIpc) is 2.21. The van der Waals surface area contributed by atoms with Crippen molar-refractivity contribution >= 4 is 0 Å². The van der Waals surface area contributed by atoms with Gasteiger partial charge in [0.25, 0.3) is 0 Å². The topological polar surface area (TPSA) is 88.4 Å². The summed E-state index contributed by atoms with van der Waals surface area (Å²) in [5.74, 6) is 0. The Morgan fingerprint density at radius 1 is 1.07 bits per heavy atom. The summed E-state index contributed by atoms with van der Waals surface area (Å²) < 4.78 is 14.5. The van der Waals surface area contributed by atoms with Crippen molar-refractivity contribution in [1.82, 2.24) is 0 Å². The van der Waals surface area contributed by atoms with Crippen molar-refractivity contribution in [2.45, 2.75) is 12.4 Å². The van der Waals surface area contributed by atoms with E-state index < -0.39 is 19.0 Å². The van der Waals surface area contributed by atoms with E-state index in [1.54, 1.807) is 7.11 Å². The molecular weight excluding hydrogens is 192 g/mol. The fourth-order valence-electron chi connectivity index (χ4n) is 0.673. The highest BCUT2D eigenvalue weighted by Crippen LogP contribution is 1.94. The van der Waals surface area contributed by atoms with Gasteiger partial charge in [0.1, 0.15) is 6.10 Å². The molecule has 0 spiro atoms. The number of hydrogen-bond acceptors (Lipinski definition) is 6. The Hall–Kier alpha value is -0.240. The van der Waals surface area contributed by atoms with Gasteiger partial charge in [-0.15, -0.1) is 0 Å². The van der Waals surface area contributed by atoms with Crippen LogP contribution in [0.15, 0.2) is 0 Å². The molecule has 2 unspecified atom stereocenters. The van der Waals surface area contributed by atoms with Crippen LogP contribution in [0.25, 0.3) is 0 Å². The van der Waals surface area contributed by atoms with Gasteiger partial charge in [-0.3, -0.25) is 0 Å². The van der Waals surface area contributed by atoms with Gasteiger partial charge in [-0.2, -0.15) is 0 Å². The van der Waals surface area contributed by atoms with Crippen molar-refractivity contribution in [2.75, 3.05) is 40.1 Å². The zero-order chi connectivity index (χ0) is 10.8. The van der Waals surface area contributed by atoms with Gasteiger partial charge >= 0.3 is 0 Å². The first-order chi connectivity index (χ1) is 6.72. The Morgan fingerprint density at radius 3 is 2.29 bits per heavy atom. The maximum Gasteiger partial charge on any atom is 0.183 e. The van der Waals surface area contributed by atoms with Gasteiger partial charge in [-0.1, -0.05) is 0 Å². The second-order valence-corrected chi connectivity index (χ2v) is 2.62. The molecule has 0 saturated carbocycles. The molecule has 0 radical (unpaired) electrons. The predicted molar refractivity (Wildman–Crippen MR) is 47.7 cm³/mol. The molecule has 0 aromatic rings. The van der Waals surface area contributed by atoms with Crippen LogP contribution in [0, 0.1) is 0 Å². The molecule has 0 amide bonds. The molecule has 0 aliphatic rings. The van der Waals surface area contributed by atoms with E-state index >= 15 is 0 Å². The van der Waals surface area contributed by atoms with Crippen LogP contribution in [0.1, 0.15) is 0 Å². The summed E-state index contributed by atoms with van der Waals surface area (Å²) in [4.78, 5) is 0. The van der Waals surface area contributed by atoms with Gasteiger partial charge in [0.2, 0.25) is 0 Å². The molecule has 3 N–H and O–H groups in total. The van der Waals surface area contributed by atoms with Gasteiger partial charge in [0, 0.05) is 7.11 Å². The number of methoxy groups -OCH3 is 1. The summed E-state index contributed by atoms with van der Waals surface area (Å²) in [5, 5.41) is 26.3. The van der Waals surface area contributed by atoms with E-state index in [9.17, 15) is 0 Å². The highest BCUT2D eigenvalue weighted by atomic mass is 16.6. The SMILES string of the molecule is COCCOCCOC(O)C(O)CO. The van der Waals surface area contributed by atoms with Gasteiger partial charge in [-0.05, 0) is 0 Å². The average molecular weight is 210 g/mol. The number of hydrogen-bond donors (Lipinski definition) is 3. The number of ether oxygens (including phenoxy) is 3. The fourth-order valence-corrected chi connectivity index (χ4v) is 0.673. The second-order valence-electron chi connectivity index (χ2n) is 2.62. The van der Waals surface area contributed by atoms with E-state index in [1.807, 2.05) is 0 Å². The van der Waals surface area contributed by atoms with Crippen molar-refractivity contribution in [1.29, 1.82) is 0 Å². The highest BCUT2D eigenvalue weighted by molar-refractivity contribution is 4.54. The van der Waals surface area contributed by atoms with Crippen LogP contribution in [0.2, 0.25) is 0 Å². The van der Waals surface area contributed by atoms with E-state index in [0.717, 1.165) is 0 Å². The first-order valence-electron chi connectivity index (χ1n) is 4.37. The molecule has 2 atom stereocenters. The zero-order valence-corrected chi connectivity index (χ0v) is 8.26. The van der Waals surface area contributed by atoms with Crippen LogP contribution in [-0.4, -0.2) is 67.9 Å². The molecule has 0 aromatic carbocycles. The quantitative estimate of drug-likeness (QED) is 0.312. The van der Waals surface area contributed by atoms with Crippen LogP contribution < -0.4 is 0 Å². The number of aliphatic hydroxyl groups excluding tert-OH is 3. The summed E-state index contributed by atoms with van der Waals surface area (Å²) in [6.07, 6.45) is -2.64. The molecule has 14 heavy (non-hydrogen) atoms. The summed E-state index contributed by atoms with van der Waals surface area (Å²) in [6, 6.07) is 0. The predicted octanol–water partition coefficient (Wildman–Crippen LogP) is -1.66. The largest absolute Gasteiger partial charge is 0.393 e. The van der Waals surface area contributed by atoms with Gasteiger partial charge in [0.15, 0.2) is 6.29 Å². The van der Waals surface area contributed by atoms with Crippen molar-refractivity contribution in [3.05, 3.63) is 0 Å². The number of rotatable bonds is 9. The minimum absolute atomic E-state index is 0.155. The zero-order valence-electron chi connectivity index (χ0n) is 8.26. The Morgan fingerprint density at radius 2 is 1.71 bits per heavy atom. The molecule has 86 valence electrons. The molecule has 0 aromatic heterocycles. The van der Waals surface area contributed by atoms with Gasteiger partial charge in [0.05, 0.1) is 33.0 Å². The van der Waals surface area contributed by atoms with Gasteiger partial charge < -0.3 is 29.5 Å². The van der Waals surface area contributed by atoms with E-state index in [-0.39, 0.29) is 6.61 Å². The molecule has 0 rings (SSSR count). The van der Waals surface area contributed by atoms with Crippen molar-refractivity contribution in [3.63, 3.8) is 0 Å². The van der Waals surface area contributed by atoms with Crippen LogP contribution in [0.3, 0.4) is 0 Å². The van der Waals surface area contributed by atoms with E-state index in [2.05, 4.69) is 0 Å². The van der Waals surface area contributed by atoms with Crippen molar-refractivity contribution < 1.29 is 29.5 Å². The summed E-state index contributed by atoms with van der Waals surface area (Å²) in [7, 11) is 1.57. The molecule has 0 bridgehead atoms. The fraction of sp³-hybridized carbons (Fsp3) is 1.00. The minimum Gasteiger partial charge on any atom is -0.393 e. The third-order valence-corrected chi connectivity index (χ3v) is 1.46. The standard InChI is InChI=1S/C8H18O6/c1-12-2-3-13-4-5-14-8(11)7(10)6-9/h7-11H,2-6H2,1H3. The third-order valence-electron chi connectivity index (χ3n) is 1.46. The molecule has 0 fully saturated rings. The summed E-state index contributed by atoms with van der Waals surface area (Å²) in [6.45, 7) is 0.881. The highest BCUT2D eigenvalue weighted by Gasteiger charge is 2.14. The van der Waals surface area contributed by atoms with Crippen LogP contribution in [-0.2, 0) is 14.2 Å². The second kappa shape index (κ2) is 9.32. The van der Waals surface area contributed by atoms with Crippen molar-refractivity contribution in [3.8, 4) is 0 Å². The lowest BCUT2D eigenvalue weighted by Crippen LogP contribution is -2.32. The smallest absolute Gasteiger partial charge is 0.183 e. The molecule has 0 saturated heterocycles. The maximum absolute atomic E-state index is 9.01. The molecule has 6 heteroatoms. The van der Waals surface area contributed by atoms with Gasteiger partial charge in [-0.25, -0.2) is 0 Å². The summed E-state index contributed by atoms with van der Waals surface area (Å²) >= 11 is 0. The molecule has 0 aliphatic heterocycles. The number of aliphatic hydroxyl groups is 3. The van der Waals surface area contributed by atoms with Crippen molar-refractivity contribution in [2.24, 2.45) is 0 Å². The van der Waals surface area contributed by atoms with Crippen LogP contribution in [0.5, 0.6) is 0 Å². The lowest BCUT2D eigenvalue weighted by molar-refractivity contribution is -0.177. The van der Waals surface area contributed by atoms with Crippen LogP contribution >= 0.6 is 0 Å². The Bertz CT molecular complexity index is 120. The first kappa shape index (κ1) is 13.8. The third kappa shape index (κ3) is 7.19. The lowest BCUT2D eigenvalue weighted by atomic mass is 10.4. The van der Waals surface area contributed by atoms with E-state index in [4.69, 9.17) is 29.5 Å². The lowest BCUT2D eigenvalue weighted by Gasteiger charge is -2.15. The minimum atomic E-state index is -1.37. The van der Waals surface area contributed by atoms with E-state index in [0.29, 0.717) is 19.8 Å². The molecule has 0 aliphatic carbocycles. The van der Waals surface area contributed by atoms with E-state index in [1.165, 1.54) is 0 Å². The normalized spacial score (nSPS) is 15.4. The molecule has 0 heterocycles.